The molecule has 10 atom stereocenters. The Morgan fingerprint density at radius 3 is 2.38 bits per heavy atom. The number of hydrogen-bond donors (Lipinski definition) is 7. The van der Waals surface area contributed by atoms with Crippen molar-refractivity contribution < 1.29 is 63.9 Å². The second-order valence-electron chi connectivity index (χ2n) is 11.5. The highest BCUT2D eigenvalue weighted by molar-refractivity contribution is 6.30. The van der Waals surface area contributed by atoms with Crippen LogP contribution in [0.4, 0.5) is 0 Å². The van der Waals surface area contributed by atoms with Crippen LogP contribution < -0.4 is 10.1 Å². The highest BCUT2D eigenvalue weighted by atomic mass is 35.5. The summed E-state index contributed by atoms with van der Waals surface area (Å²) in [5.74, 6) is -1.67. The number of aliphatic hydroxyl groups is 5. The number of ether oxygens (including phenoxy) is 5. The quantitative estimate of drug-likeness (QED) is 0.109. The fourth-order valence-electron chi connectivity index (χ4n) is 5.57. The molecule has 5 rings (SSSR count). The number of phenols is 1. The smallest absolute Gasteiger partial charge is 0.338 e. The van der Waals surface area contributed by atoms with Crippen LogP contribution in [-0.4, -0.2) is 117 Å². The van der Waals surface area contributed by atoms with Crippen LogP contribution in [0.2, 0.25) is 5.02 Å². The topological polar surface area (TPSA) is 214 Å². The molecule has 0 radical (unpaired) electrons. The van der Waals surface area contributed by atoms with E-state index >= 15 is 0 Å². The van der Waals surface area contributed by atoms with E-state index in [9.17, 15) is 40.2 Å². The average Bonchev–Trinajstić information content (AvgIpc) is 3.64. The SMILES string of the molecule is CC(=Cc1ccc(O[C@H]2O[C@@H](C(C)=CCOC(=O)c3cccc(Cl)c3)[C@@H](O)[C@@H]2O)c(O)c1)C(=O)N[C@@H]1[C@H](O)[C@@H](O)[C@H]2OCO[C@H]2[C@@H]1O. The molecule has 1 amide bonds. The standard InChI is InChI=1S/C32H36ClNO13/c1-14(8-9-43-31(42)17-4-3-5-18(33)12-17)27-25(39)26(40)32(47-27)46-20-7-6-16(11-19(20)35)10-15(2)30(41)34-21-22(36)24(38)29-28(23(21)37)44-13-45-29/h3-8,10-12,21-29,32,35-40H,9,13H2,1-2H3,(H,34,41)/t21-,22+,23-,24-,25+,26+,27+,28+,29-,32+/m1/s1. The van der Waals surface area contributed by atoms with Gasteiger partial charge in [0.05, 0.1) is 11.6 Å². The molecular weight excluding hydrogens is 642 g/mol. The summed E-state index contributed by atoms with van der Waals surface area (Å²) in [5, 5.41) is 66.0. The van der Waals surface area contributed by atoms with Gasteiger partial charge in [-0.3, -0.25) is 4.79 Å². The summed E-state index contributed by atoms with van der Waals surface area (Å²) in [6.45, 7) is 2.81. The molecule has 3 aliphatic rings. The molecule has 0 aromatic heterocycles. The summed E-state index contributed by atoms with van der Waals surface area (Å²) in [4.78, 5) is 25.1. The van der Waals surface area contributed by atoms with E-state index in [1.165, 1.54) is 43.3 Å². The predicted molar refractivity (Wildman–Crippen MR) is 163 cm³/mol. The molecule has 47 heavy (non-hydrogen) atoms. The van der Waals surface area contributed by atoms with Gasteiger partial charge in [-0.15, -0.1) is 0 Å². The molecule has 0 bridgehead atoms. The summed E-state index contributed by atoms with van der Waals surface area (Å²) in [7, 11) is 0. The zero-order chi connectivity index (χ0) is 34.0. The van der Waals surface area contributed by atoms with Crippen molar-refractivity contribution in [3.63, 3.8) is 0 Å². The van der Waals surface area contributed by atoms with Gasteiger partial charge >= 0.3 is 5.97 Å². The van der Waals surface area contributed by atoms with E-state index in [2.05, 4.69) is 5.32 Å². The monoisotopic (exact) mass is 677 g/mol. The van der Waals surface area contributed by atoms with Crippen LogP contribution in [0, 0.1) is 0 Å². The molecule has 2 saturated heterocycles. The minimum absolute atomic E-state index is 0.0750. The number of carbonyl (C=O) groups excluding carboxylic acids is 2. The summed E-state index contributed by atoms with van der Waals surface area (Å²) >= 11 is 5.90. The summed E-state index contributed by atoms with van der Waals surface area (Å²) in [5.41, 5.74) is 1.28. The molecule has 2 aromatic rings. The number of esters is 1. The van der Waals surface area contributed by atoms with Gasteiger partial charge in [-0.1, -0.05) is 23.7 Å². The van der Waals surface area contributed by atoms with Crippen LogP contribution >= 0.6 is 11.6 Å². The van der Waals surface area contributed by atoms with Gasteiger partial charge in [0.25, 0.3) is 0 Å². The summed E-state index contributed by atoms with van der Waals surface area (Å²) in [6, 6.07) is 9.23. The van der Waals surface area contributed by atoms with Gasteiger partial charge in [-0.05, 0) is 67.5 Å². The summed E-state index contributed by atoms with van der Waals surface area (Å²) in [6.07, 6.45) is -8.32. The van der Waals surface area contributed by atoms with Crippen LogP contribution in [0.5, 0.6) is 11.5 Å². The molecule has 254 valence electrons. The largest absolute Gasteiger partial charge is 0.504 e. The molecular formula is C32H36ClNO13. The number of carbonyl (C=O) groups is 2. The molecule has 1 saturated carbocycles. The van der Waals surface area contributed by atoms with Gasteiger partial charge in [0.2, 0.25) is 12.2 Å². The maximum Gasteiger partial charge on any atom is 0.338 e. The molecule has 1 aliphatic carbocycles. The predicted octanol–water partition coefficient (Wildman–Crippen LogP) is 0.400. The summed E-state index contributed by atoms with van der Waals surface area (Å²) < 4.78 is 27.1. The number of aliphatic hydroxyl groups excluding tert-OH is 5. The van der Waals surface area contributed by atoms with Gasteiger partial charge in [0.1, 0.15) is 62.2 Å². The van der Waals surface area contributed by atoms with Crippen LogP contribution in [0.1, 0.15) is 29.8 Å². The number of benzene rings is 2. The zero-order valence-electron chi connectivity index (χ0n) is 25.3. The maximum absolute atomic E-state index is 12.9. The normalized spacial score (nSPS) is 32.5. The molecule has 0 spiro atoms. The highest BCUT2D eigenvalue weighted by Gasteiger charge is 2.53. The fourth-order valence-corrected chi connectivity index (χ4v) is 5.76. The number of aromatic hydroxyl groups is 1. The van der Waals surface area contributed by atoms with Crippen molar-refractivity contribution in [3.8, 4) is 11.5 Å². The van der Waals surface area contributed by atoms with Crippen molar-refractivity contribution >= 4 is 29.6 Å². The van der Waals surface area contributed by atoms with E-state index in [0.717, 1.165) is 0 Å². The Balaban J connectivity index is 1.17. The first-order valence-electron chi connectivity index (χ1n) is 14.7. The first kappa shape index (κ1) is 34.8. The Hall–Kier alpha value is -3.57. The Bertz CT molecular complexity index is 1530. The van der Waals surface area contributed by atoms with E-state index in [1.807, 2.05) is 0 Å². The maximum atomic E-state index is 12.9. The van der Waals surface area contributed by atoms with E-state index < -0.39 is 73.0 Å². The Morgan fingerprint density at radius 2 is 1.68 bits per heavy atom. The van der Waals surface area contributed by atoms with Crippen molar-refractivity contribution in [2.24, 2.45) is 0 Å². The van der Waals surface area contributed by atoms with Crippen molar-refractivity contribution in [1.29, 1.82) is 0 Å². The van der Waals surface area contributed by atoms with Crippen molar-refractivity contribution in [2.75, 3.05) is 13.4 Å². The second-order valence-corrected chi connectivity index (χ2v) is 11.9. The number of phenolic OH excluding ortho intramolecular Hbond substituents is 1. The lowest BCUT2D eigenvalue weighted by Gasteiger charge is -2.41. The van der Waals surface area contributed by atoms with Gasteiger partial charge in [0, 0.05) is 10.6 Å². The van der Waals surface area contributed by atoms with Crippen molar-refractivity contribution in [2.45, 2.75) is 75.0 Å². The first-order valence-corrected chi connectivity index (χ1v) is 15.1. The third kappa shape index (κ3) is 7.62. The molecule has 7 N–H and O–H groups in total. The lowest BCUT2D eigenvalue weighted by Crippen LogP contribution is -2.67. The highest BCUT2D eigenvalue weighted by Crippen LogP contribution is 2.34. The van der Waals surface area contributed by atoms with E-state index in [4.69, 9.17) is 35.3 Å². The number of hydrogen-bond acceptors (Lipinski definition) is 13. The van der Waals surface area contributed by atoms with Crippen LogP contribution in [0.3, 0.4) is 0 Å². The minimum Gasteiger partial charge on any atom is -0.504 e. The van der Waals surface area contributed by atoms with E-state index in [-0.39, 0.29) is 36.0 Å². The lowest BCUT2D eigenvalue weighted by molar-refractivity contribution is -0.155. The molecule has 14 nitrogen and oxygen atoms in total. The average molecular weight is 678 g/mol. The number of nitrogens with one attached hydrogen (secondary N) is 1. The molecule has 2 aromatic carbocycles. The van der Waals surface area contributed by atoms with E-state index in [1.54, 1.807) is 25.1 Å². The Labute approximate surface area is 274 Å². The fraction of sp³-hybridized carbons (Fsp3) is 0.438. The van der Waals surface area contributed by atoms with Crippen LogP contribution in [-0.2, 0) is 23.7 Å². The third-order valence-corrected chi connectivity index (χ3v) is 8.45. The Kier molecular flexibility index (Phi) is 10.9. The molecule has 2 aliphatic heterocycles. The number of fused-ring (bicyclic) bond motifs is 1. The van der Waals surface area contributed by atoms with Crippen LogP contribution in [0.15, 0.2) is 59.7 Å². The first-order chi connectivity index (χ1) is 22.3. The van der Waals surface area contributed by atoms with E-state index in [0.29, 0.717) is 16.2 Å². The number of halogens is 1. The lowest BCUT2D eigenvalue weighted by atomic mass is 9.83. The van der Waals surface area contributed by atoms with Gasteiger partial charge < -0.3 is 59.6 Å². The minimum atomic E-state index is -1.51. The second kappa shape index (κ2) is 14.7. The third-order valence-electron chi connectivity index (χ3n) is 8.22. The van der Waals surface area contributed by atoms with Crippen LogP contribution in [0.25, 0.3) is 6.08 Å². The van der Waals surface area contributed by atoms with Gasteiger partial charge in [-0.25, -0.2) is 4.79 Å². The Morgan fingerprint density at radius 1 is 0.957 bits per heavy atom. The van der Waals surface area contributed by atoms with Gasteiger partial charge in [0.15, 0.2) is 11.5 Å². The molecule has 0 unspecified atom stereocenters. The molecule has 2 heterocycles. The van der Waals surface area contributed by atoms with Crippen molar-refractivity contribution in [1.82, 2.24) is 5.32 Å². The number of amides is 1. The molecule has 3 fully saturated rings. The van der Waals surface area contributed by atoms with Gasteiger partial charge in [-0.2, -0.15) is 0 Å². The molecule has 15 heteroatoms. The van der Waals surface area contributed by atoms with Crippen molar-refractivity contribution in [3.05, 3.63) is 75.8 Å². The zero-order valence-corrected chi connectivity index (χ0v) is 26.1. The number of rotatable bonds is 9.